The van der Waals surface area contributed by atoms with E-state index in [0.717, 1.165) is 25.7 Å². The molecule has 0 spiro atoms. The molecule has 1 nitrogen and oxygen atoms in total. The Labute approximate surface area is 122 Å². The summed E-state index contributed by atoms with van der Waals surface area (Å²) in [6.45, 7) is 2.43. The fourth-order valence-electron chi connectivity index (χ4n) is 2.65. The Bertz CT molecular complexity index is 504. The van der Waals surface area contributed by atoms with Crippen LogP contribution >= 0.6 is 0 Å². The molecule has 1 N–H and O–H groups in total. The zero-order valence-electron chi connectivity index (χ0n) is 12.3. The Balaban J connectivity index is 1.82. The molecule has 0 aromatic heterocycles. The van der Waals surface area contributed by atoms with Crippen LogP contribution in [0.15, 0.2) is 54.6 Å². The highest BCUT2D eigenvalue weighted by atomic mass is 16.3. The topological polar surface area (TPSA) is 20.2 Å². The zero-order valence-corrected chi connectivity index (χ0v) is 12.3. The summed E-state index contributed by atoms with van der Waals surface area (Å²) in [5, 5.41) is 9.58. The van der Waals surface area contributed by atoms with Crippen LogP contribution < -0.4 is 0 Å². The van der Waals surface area contributed by atoms with E-state index in [-0.39, 0.29) is 6.61 Å². The first-order valence-corrected chi connectivity index (χ1v) is 7.49. The summed E-state index contributed by atoms with van der Waals surface area (Å²) in [7, 11) is 0. The molecule has 0 radical (unpaired) electrons. The summed E-state index contributed by atoms with van der Waals surface area (Å²) in [6, 6.07) is 19.1. The van der Waals surface area contributed by atoms with Gasteiger partial charge in [0.2, 0.25) is 0 Å². The van der Waals surface area contributed by atoms with Gasteiger partial charge < -0.3 is 5.11 Å². The van der Waals surface area contributed by atoms with E-state index in [4.69, 9.17) is 0 Å². The smallest absolute Gasteiger partial charge is 0.0462 e. The molecule has 20 heavy (non-hydrogen) atoms. The Hall–Kier alpha value is -1.60. The highest BCUT2D eigenvalue weighted by molar-refractivity contribution is 5.26. The minimum atomic E-state index is 0.281. The number of aliphatic hydroxyl groups is 1. The predicted octanol–water partition coefficient (Wildman–Crippen LogP) is 4.17. The van der Waals surface area contributed by atoms with Gasteiger partial charge in [-0.3, -0.25) is 0 Å². The summed E-state index contributed by atoms with van der Waals surface area (Å²) in [5.74, 6) is 0.375. The molecule has 0 saturated heterocycles. The van der Waals surface area contributed by atoms with Gasteiger partial charge in [-0.2, -0.15) is 0 Å². The number of rotatable bonds is 7. The molecule has 1 unspecified atom stereocenters. The molecular formula is C19H24O. The maximum atomic E-state index is 9.58. The van der Waals surface area contributed by atoms with Crippen molar-refractivity contribution < 1.29 is 5.11 Å². The van der Waals surface area contributed by atoms with Crippen LogP contribution in [0.5, 0.6) is 0 Å². The Morgan fingerprint density at radius 2 is 1.65 bits per heavy atom. The molecule has 2 aromatic rings. The van der Waals surface area contributed by atoms with E-state index >= 15 is 0 Å². The minimum absolute atomic E-state index is 0.281. The summed E-state index contributed by atoms with van der Waals surface area (Å²) in [6.07, 6.45) is 4.31. The highest BCUT2D eigenvalue weighted by Crippen LogP contribution is 2.18. The highest BCUT2D eigenvalue weighted by Gasteiger charge is 2.10. The maximum absolute atomic E-state index is 9.58. The van der Waals surface area contributed by atoms with Gasteiger partial charge in [0.15, 0.2) is 0 Å². The van der Waals surface area contributed by atoms with E-state index in [2.05, 4.69) is 61.5 Å². The van der Waals surface area contributed by atoms with E-state index in [0.29, 0.717) is 5.92 Å². The number of benzene rings is 2. The van der Waals surface area contributed by atoms with E-state index in [9.17, 15) is 5.11 Å². The van der Waals surface area contributed by atoms with E-state index in [1.807, 2.05) is 0 Å². The molecule has 0 saturated carbocycles. The predicted molar refractivity (Wildman–Crippen MR) is 84.8 cm³/mol. The minimum Gasteiger partial charge on any atom is -0.396 e. The fourth-order valence-corrected chi connectivity index (χ4v) is 2.65. The normalized spacial score (nSPS) is 12.3. The third-order valence-corrected chi connectivity index (χ3v) is 3.95. The standard InChI is InChI=1S/C19H24O/c1-16-8-5-6-13-19(16)14-18(15-20)12-7-11-17-9-3-2-4-10-17/h2-6,8-10,13,18,20H,7,11-12,14-15H2,1H3. The Morgan fingerprint density at radius 3 is 2.35 bits per heavy atom. The van der Waals surface area contributed by atoms with E-state index in [1.54, 1.807) is 0 Å². The van der Waals surface area contributed by atoms with Crippen LogP contribution in [-0.2, 0) is 12.8 Å². The Morgan fingerprint density at radius 1 is 0.950 bits per heavy atom. The second kappa shape index (κ2) is 7.86. The molecule has 0 aliphatic rings. The second-order valence-electron chi connectivity index (χ2n) is 5.56. The summed E-state index contributed by atoms with van der Waals surface area (Å²) in [4.78, 5) is 0. The van der Waals surface area contributed by atoms with Gasteiger partial charge in [-0.05, 0) is 55.2 Å². The van der Waals surface area contributed by atoms with Crippen molar-refractivity contribution in [3.8, 4) is 0 Å². The molecule has 0 bridgehead atoms. The lowest BCUT2D eigenvalue weighted by Gasteiger charge is -2.15. The van der Waals surface area contributed by atoms with Crippen molar-refractivity contribution in [2.75, 3.05) is 6.61 Å². The molecule has 0 fully saturated rings. The number of aryl methyl sites for hydroxylation is 2. The van der Waals surface area contributed by atoms with Crippen molar-refractivity contribution in [2.45, 2.75) is 32.6 Å². The van der Waals surface area contributed by atoms with Gasteiger partial charge in [-0.1, -0.05) is 54.6 Å². The largest absolute Gasteiger partial charge is 0.396 e. The molecule has 0 aliphatic heterocycles. The average molecular weight is 268 g/mol. The lowest BCUT2D eigenvalue weighted by atomic mass is 9.92. The van der Waals surface area contributed by atoms with E-state index < -0.39 is 0 Å². The van der Waals surface area contributed by atoms with Crippen LogP contribution in [0.3, 0.4) is 0 Å². The van der Waals surface area contributed by atoms with Gasteiger partial charge in [0.05, 0.1) is 0 Å². The quantitative estimate of drug-likeness (QED) is 0.799. The summed E-state index contributed by atoms with van der Waals surface area (Å²) >= 11 is 0. The monoisotopic (exact) mass is 268 g/mol. The molecular weight excluding hydrogens is 244 g/mol. The average Bonchev–Trinajstić information content (AvgIpc) is 2.49. The van der Waals surface area contributed by atoms with Crippen LogP contribution in [-0.4, -0.2) is 11.7 Å². The molecule has 2 aromatic carbocycles. The van der Waals surface area contributed by atoms with Crippen LogP contribution in [0.4, 0.5) is 0 Å². The van der Waals surface area contributed by atoms with Gasteiger partial charge in [0.1, 0.15) is 0 Å². The maximum Gasteiger partial charge on any atom is 0.0462 e. The number of hydrogen-bond acceptors (Lipinski definition) is 1. The molecule has 1 heteroatoms. The second-order valence-corrected chi connectivity index (χ2v) is 5.56. The first-order valence-electron chi connectivity index (χ1n) is 7.49. The number of aliphatic hydroxyl groups excluding tert-OH is 1. The molecule has 0 aliphatic carbocycles. The third-order valence-electron chi connectivity index (χ3n) is 3.95. The van der Waals surface area contributed by atoms with Crippen molar-refractivity contribution >= 4 is 0 Å². The van der Waals surface area contributed by atoms with Crippen molar-refractivity contribution in [1.82, 2.24) is 0 Å². The number of hydrogen-bond donors (Lipinski definition) is 1. The van der Waals surface area contributed by atoms with Crippen LogP contribution in [0.2, 0.25) is 0 Å². The van der Waals surface area contributed by atoms with Crippen molar-refractivity contribution in [2.24, 2.45) is 5.92 Å². The Kier molecular flexibility index (Phi) is 5.82. The molecule has 1 atom stereocenters. The third kappa shape index (κ3) is 4.50. The lowest BCUT2D eigenvalue weighted by Crippen LogP contribution is -2.11. The van der Waals surface area contributed by atoms with Gasteiger partial charge >= 0.3 is 0 Å². The van der Waals surface area contributed by atoms with Gasteiger partial charge in [-0.15, -0.1) is 0 Å². The first-order chi connectivity index (χ1) is 9.79. The molecule has 0 heterocycles. The SMILES string of the molecule is Cc1ccccc1CC(CO)CCCc1ccccc1. The molecule has 106 valence electrons. The van der Waals surface area contributed by atoms with Crippen molar-refractivity contribution in [3.05, 3.63) is 71.3 Å². The van der Waals surface area contributed by atoms with Gasteiger partial charge in [-0.25, -0.2) is 0 Å². The van der Waals surface area contributed by atoms with E-state index in [1.165, 1.54) is 16.7 Å². The van der Waals surface area contributed by atoms with Crippen LogP contribution in [0.25, 0.3) is 0 Å². The lowest BCUT2D eigenvalue weighted by molar-refractivity contribution is 0.215. The summed E-state index contributed by atoms with van der Waals surface area (Å²) in [5.41, 5.74) is 4.08. The summed E-state index contributed by atoms with van der Waals surface area (Å²) < 4.78 is 0. The van der Waals surface area contributed by atoms with Crippen molar-refractivity contribution in [1.29, 1.82) is 0 Å². The van der Waals surface area contributed by atoms with Crippen LogP contribution in [0, 0.1) is 12.8 Å². The molecule has 0 amide bonds. The van der Waals surface area contributed by atoms with Crippen LogP contribution in [0.1, 0.15) is 29.5 Å². The zero-order chi connectivity index (χ0) is 14.2. The molecule has 2 rings (SSSR count). The fraction of sp³-hybridized carbons (Fsp3) is 0.368. The first kappa shape index (κ1) is 14.8. The van der Waals surface area contributed by atoms with Gasteiger partial charge in [0.25, 0.3) is 0 Å². The van der Waals surface area contributed by atoms with Gasteiger partial charge in [0, 0.05) is 6.61 Å². The van der Waals surface area contributed by atoms with Crippen molar-refractivity contribution in [3.63, 3.8) is 0 Å².